The molecule has 1 aromatic rings. The Kier molecular flexibility index (Phi) is 3.99. The van der Waals surface area contributed by atoms with Gasteiger partial charge in [-0.05, 0) is 0 Å². The first-order chi connectivity index (χ1) is 7.34. The van der Waals surface area contributed by atoms with Crippen LogP contribution < -0.4 is 5.32 Å². The Morgan fingerprint density at radius 1 is 1.40 bits per heavy atom. The normalized spacial score (nSPS) is 18.2. The molecule has 1 aromatic heterocycles. The summed E-state index contributed by atoms with van der Waals surface area (Å²) in [6.45, 7) is 7.39. The van der Waals surface area contributed by atoms with Crippen LogP contribution in [0.2, 0.25) is 0 Å². The molecule has 1 fully saturated rings. The second kappa shape index (κ2) is 5.48. The van der Waals surface area contributed by atoms with Crippen LogP contribution >= 0.6 is 11.8 Å². The third-order valence-corrected chi connectivity index (χ3v) is 3.15. The van der Waals surface area contributed by atoms with Crippen molar-refractivity contribution in [1.29, 1.82) is 0 Å². The topological polar surface area (TPSA) is 54.2 Å². The maximum Gasteiger partial charge on any atom is 0.276 e. The number of nitrogens with zero attached hydrogens (tertiary/aromatic N) is 3. The summed E-state index contributed by atoms with van der Waals surface area (Å²) >= 11 is 1.63. The summed E-state index contributed by atoms with van der Waals surface area (Å²) in [6.07, 6.45) is 0. The zero-order valence-electron chi connectivity index (χ0n) is 8.90. The van der Waals surface area contributed by atoms with Gasteiger partial charge in [0.2, 0.25) is 5.89 Å². The Morgan fingerprint density at radius 3 is 2.87 bits per heavy atom. The highest BCUT2D eigenvalue weighted by Crippen LogP contribution is 2.15. The minimum Gasteiger partial charge on any atom is -0.416 e. The molecule has 15 heavy (non-hydrogen) atoms. The van der Waals surface area contributed by atoms with Gasteiger partial charge in [-0.15, -0.1) is 10.2 Å². The van der Waals surface area contributed by atoms with Crippen molar-refractivity contribution in [3.8, 4) is 0 Å². The maximum absolute atomic E-state index is 5.28. The standard InChI is InChI=1S/C9H16N4OS/c1-8-11-12-9(14-8)15-7-6-13-4-2-10-3-5-13/h10H,2-7H2,1H3. The number of piperazine rings is 1. The van der Waals surface area contributed by atoms with Gasteiger partial charge in [0.15, 0.2) is 0 Å². The quantitative estimate of drug-likeness (QED) is 0.752. The number of rotatable bonds is 4. The van der Waals surface area contributed by atoms with Gasteiger partial charge in [-0.2, -0.15) is 0 Å². The largest absolute Gasteiger partial charge is 0.416 e. The van der Waals surface area contributed by atoms with Gasteiger partial charge in [-0.3, -0.25) is 4.90 Å². The lowest BCUT2D eigenvalue weighted by atomic mass is 10.4. The summed E-state index contributed by atoms with van der Waals surface area (Å²) < 4.78 is 5.28. The van der Waals surface area contributed by atoms with Crippen molar-refractivity contribution in [3.63, 3.8) is 0 Å². The highest BCUT2D eigenvalue weighted by molar-refractivity contribution is 7.99. The molecule has 1 aliphatic heterocycles. The lowest BCUT2D eigenvalue weighted by Crippen LogP contribution is -2.44. The molecule has 0 spiro atoms. The molecule has 6 heteroatoms. The van der Waals surface area contributed by atoms with Gasteiger partial charge < -0.3 is 9.73 Å². The predicted molar refractivity (Wildman–Crippen MR) is 59.1 cm³/mol. The van der Waals surface area contributed by atoms with E-state index in [9.17, 15) is 0 Å². The second-order valence-corrected chi connectivity index (χ2v) is 4.57. The summed E-state index contributed by atoms with van der Waals surface area (Å²) in [5.41, 5.74) is 0. The van der Waals surface area contributed by atoms with Gasteiger partial charge in [0.25, 0.3) is 5.22 Å². The average molecular weight is 228 g/mol. The molecule has 0 unspecified atom stereocenters. The van der Waals surface area contributed by atoms with Gasteiger partial charge in [-0.25, -0.2) is 0 Å². The number of thioether (sulfide) groups is 1. The Labute approximate surface area is 93.6 Å². The van der Waals surface area contributed by atoms with Crippen molar-refractivity contribution >= 4 is 11.8 Å². The molecule has 2 rings (SSSR count). The van der Waals surface area contributed by atoms with Gasteiger partial charge in [-0.1, -0.05) is 11.8 Å². The molecule has 1 N–H and O–H groups in total. The molecule has 0 aromatic carbocycles. The molecule has 5 nitrogen and oxygen atoms in total. The van der Waals surface area contributed by atoms with E-state index >= 15 is 0 Å². The Hall–Kier alpha value is -0.590. The van der Waals surface area contributed by atoms with Crippen LogP contribution in [-0.2, 0) is 0 Å². The van der Waals surface area contributed by atoms with Crippen LogP contribution in [0.15, 0.2) is 9.64 Å². The number of aromatic nitrogens is 2. The summed E-state index contributed by atoms with van der Waals surface area (Å²) in [5, 5.41) is 11.8. The van der Waals surface area contributed by atoms with Crippen molar-refractivity contribution in [2.45, 2.75) is 12.1 Å². The molecule has 0 saturated carbocycles. The first-order valence-electron chi connectivity index (χ1n) is 5.20. The zero-order valence-corrected chi connectivity index (χ0v) is 9.72. The van der Waals surface area contributed by atoms with Crippen molar-refractivity contribution in [1.82, 2.24) is 20.4 Å². The molecule has 0 amide bonds. The molecule has 0 radical (unpaired) electrons. The monoisotopic (exact) mass is 228 g/mol. The summed E-state index contributed by atoms with van der Waals surface area (Å²) in [5.74, 6) is 1.65. The molecule has 0 bridgehead atoms. The minimum absolute atomic E-state index is 0.639. The number of hydrogen-bond acceptors (Lipinski definition) is 6. The lowest BCUT2D eigenvalue weighted by molar-refractivity contribution is 0.255. The molecule has 2 heterocycles. The van der Waals surface area contributed by atoms with Gasteiger partial charge >= 0.3 is 0 Å². The molecule has 1 saturated heterocycles. The van der Waals surface area contributed by atoms with Crippen LogP contribution in [0.4, 0.5) is 0 Å². The van der Waals surface area contributed by atoms with Gasteiger partial charge in [0.05, 0.1) is 0 Å². The fourth-order valence-corrected chi connectivity index (χ4v) is 2.34. The molecule has 0 aliphatic carbocycles. The highest BCUT2D eigenvalue weighted by atomic mass is 32.2. The van der Waals surface area contributed by atoms with E-state index in [0.717, 1.165) is 38.5 Å². The third-order valence-electron chi connectivity index (χ3n) is 2.35. The van der Waals surface area contributed by atoms with Crippen molar-refractivity contribution in [2.75, 3.05) is 38.5 Å². The van der Waals surface area contributed by atoms with Crippen LogP contribution in [0, 0.1) is 6.92 Å². The van der Waals surface area contributed by atoms with Gasteiger partial charge in [0.1, 0.15) is 0 Å². The van der Waals surface area contributed by atoms with Crippen LogP contribution in [0.5, 0.6) is 0 Å². The first-order valence-corrected chi connectivity index (χ1v) is 6.19. The Bertz CT molecular complexity index is 298. The highest BCUT2D eigenvalue weighted by Gasteiger charge is 2.09. The first kappa shape index (κ1) is 10.9. The fraction of sp³-hybridized carbons (Fsp3) is 0.778. The number of hydrogen-bond donors (Lipinski definition) is 1. The Balaban J connectivity index is 1.65. The molecule has 84 valence electrons. The van der Waals surface area contributed by atoms with Crippen LogP contribution in [0.3, 0.4) is 0 Å². The average Bonchev–Trinajstić information content (AvgIpc) is 2.66. The SMILES string of the molecule is Cc1nnc(SCCN2CCNCC2)o1. The van der Waals surface area contributed by atoms with E-state index in [1.165, 1.54) is 0 Å². The van der Waals surface area contributed by atoms with E-state index in [-0.39, 0.29) is 0 Å². The van der Waals surface area contributed by atoms with E-state index in [1.54, 1.807) is 11.8 Å². The minimum atomic E-state index is 0.639. The molecular formula is C9H16N4OS. The van der Waals surface area contributed by atoms with E-state index in [4.69, 9.17) is 4.42 Å². The lowest BCUT2D eigenvalue weighted by Gasteiger charge is -2.26. The summed E-state index contributed by atoms with van der Waals surface area (Å²) in [7, 11) is 0. The molecular weight excluding hydrogens is 212 g/mol. The fourth-order valence-electron chi connectivity index (χ4n) is 1.53. The molecule has 0 atom stereocenters. The summed E-state index contributed by atoms with van der Waals surface area (Å²) in [6, 6.07) is 0. The van der Waals surface area contributed by atoms with E-state index in [2.05, 4.69) is 20.4 Å². The van der Waals surface area contributed by atoms with Crippen LogP contribution in [0.1, 0.15) is 5.89 Å². The predicted octanol–water partition coefficient (Wildman–Crippen LogP) is 0.375. The maximum atomic E-state index is 5.28. The van der Waals surface area contributed by atoms with Crippen molar-refractivity contribution in [2.24, 2.45) is 0 Å². The van der Waals surface area contributed by atoms with E-state index in [0.29, 0.717) is 11.1 Å². The van der Waals surface area contributed by atoms with Crippen LogP contribution in [-0.4, -0.2) is 53.6 Å². The smallest absolute Gasteiger partial charge is 0.276 e. The Morgan fingerprint density at radius 2 is 2.20 bits per heavy atom. The third kappa shape index (κ3) is 3.48. The second-order valence-electron chi connectivity index (χ2n) is 3.53. The molecule has 1 aliphatic rings. The van der Waals surface area contributed by atoms with E-state index in [1.807, 2.05) is 6.92 Å². The summed E-state index contributed by atoms with van der Waals surface area (Å²) in [4.78, 5) is 2.45. The van der Waals surface area contributed by atoms with Crippen molar-refractivity contribution in [3.05, 3.63) is 5.89 Å². The number of nitrogens with one attached hydrogen (secondary N) is 1. The van der Waals surface area contributed by atoms with Gasteiger partial charge in [0, 0.05) is 45.4 Å². The zero-order chi connectivity index (χ0) is 10.5. The number of aryl methyl sites for hydroxylation is 1. The van der Waals surface area contributed by atoms with E-state index < -0.39 is 0 Å². The van der Waals surface area contributed by atoms with Crippen molar-refractivity contribution < 1.29 is 4.42 Å². The van der Waals surface area contributed by atoms with Crippen LogP contribution in [0.25, 0.3) is 0 Å².